The van der Waals surface area contributed by atoms with E-state index in [1.807, 2.05) is 32.6 Å². The second-order valence-corrected chi connectivity index (χ2v) is 9.70. The highest BCUT2D eigenvalue weighted by Gasteiger charge is 2.30. The number of hydrogen-bond acceptors (Lipinski definition) is 7. The first-order valence-corrected chi connectivity index (χ1v) is 12.1. The van der Waals surface area contributed by atoms with Crippen molar-refractivity contribution in [3.63, 3.8) is 0 Å². The lowest BCUT2D eigenvalue weighted by Gasteiger charge is -2.37. The predicted molar refractivity (Wildman–Crippen MR) is 130 cm³/mol. The number of carbonyl (C=O) groups is 2. The normalized spacial score (nSPS) is 14.4. The van der Waals surface area contributed by atoms with Crippen LogP contribution in [-0.2, 0) is 27.2 Å². The van der Waals surface area contributed by atoms with Crippen LogP contribution in [0.25, 0.3) is 11.0 Å². The van der Waals surface area contributed by atoms with Gasteiger partial charge in [-0.15, -0.1) is 0 Å². The molecule has 1 fully saturated rings. The van der Waals surface area contributed by atoms with Gasteiger partial charge in [-0.2, -0.15) is 0 Å². The zero-order valence-corrected chi connectivity index (χ0v) is 21.7. The molecule has 34 heavy (non-hydrogen) atoms. The highest BCUT2D eigenvalue weighted by Crippen LogP contribution is 2.27. The molecule has 1 aliphatic heterocycles. The number of rotatable bonds is 5. The number of esters is 1. The molecule has 9 nitrogen and oxygen atoms in total. The molecule has 1 aliphatic rings. The number of carbonyl (C=O) groups excluding carboxylic acids is 2. The number of amides is 1. The molecule has 0 aliphatic carbocycles. The molecule has 2 aromatic rings. The van der Waals surface area contributed by atoms with Crippen molar-refractivity contribution >= 4 is 44.7 Å². The smallest absolute Gasteiger partial charge is 0.410 e. The number of fused-ring (bicyclic) bond motifs is 1. The molecular weight excluding hydrogens is 511 g/mol. The monoisotopic (exact) mass is 540 g/mol. The third-order valence-corrected chi connectivity index (χ3v) is 5.96. The Morgan fingerprint density at radius 1 is 1.18 bits per heavy atom. The van der Waals surface area contributed by atoms with Crippen LogP contribution in [0.3, 0.4) is 0 Å². The molecule has 0 N–H and O–H groups in total. The highest BCUT2D eigenvalue weighted by atomic mass is 79.9. The summed E-state index contributed by atoms with van der Waals surface area (Å²) in [6, 6.07) is 1.20. The lowest BCUT2D eigenvalue weighted by Crippen LogP contribution is -2.51. The van der Waals surface area contributed by atoms with Gasteiger partial charge in [-0.3, -0.25) is 9.59 Å². The minimum Gasteiger partial charge on any atom is -0.465 e. The fourth-order valence-electron chi connectivity index (χ4n) is 3.99. The SMILES string of the molecule is CCOC(=O)Cn1c(CC)c(N2CCN(C(=O)OC(C)(C)C)CC2)c(=O)c2nc(Br)c(F)cc21. The second-order valence-electron chi connectivity index (χ2n) is 8.95. The van der Waals surface area contributed by atoms with Gasteiger partial charge in [-0.05, 0) is 50.0 Å². The maximum atomic E-state index is 14.4. The van der Waals surface area contributed by atoms with E-state index in [-0.39, 0.29) is 34.2 Å². The number of halogens is 2. The van der Waals surface area contributed by atoms with Crippen molar-refractivity contribution in [1.29, 1.82) is 0 Å². The quantitative estimate of drug-likeness (QED) is 0.423. The predicted octanol–water partition coefficient (Wildman–Crippen LogP) is 3.48. The van der Waals surface area contributed by atoms with Gasteiger partial charge in [0.25, 0.3) is 0 Å². The molecular formula is C23H30BrFN4O5. The van der Waals surface area contributed by atoms with E-state index in [2.05, 4.69) is 20.9 Å². The van der Waals surface area contributed by atoms with Crippen LogP contribution in [0.1, 0.15) is 40.3 Å². The first kappa shape index (κ1) is 25.9. The molecule has 3 heterocycles. The minimum absolute atomic E-state index is 0.0549. The molecule has 0 spiro atoms. The van der Waals surface area contributed by atoms with Crippen molar-refractivity contribution in [3.8, 4) is 0 Å². The van der Waals surface area contributed by atoms with Gasteiger partial charge in [0.15, 0.2) is 5.82 Å². The molecule has 0 bridgehead atoms. The topological polar surface area (TPSA) is 94.0 Å². The second kappa shape index (κ2) is 10.3. The molecule has 186 valence electrons. The van der Waals surface area contributed by atoms with Crippen molar-refractivity contribution in [1.82, 2.24) is 14.5 Å². The molecule has 0 unspecified atom stereocenters. The van der Waals surface area contributed by atoms with Gasteiger partial charge in [0.1, 0.15) is 28.0 Å². The summed E-state index contributed by atoms with van der Waals surface area (Å²) >= 11 is 3.06. The van der Waals surface area contributed by atoms with E-state index in [1.165, 1.54) is 6.07 Å². The maximum Gasteiger partial charge on any atom is 0.410 e. The van der Waals surface area contributed by atoms with E-state index >= 15 is 0 Å². The summed E-state index contributed by atoms with van der Waals surface area (Å²) in [5.41, 5.74) is 0.315. The van der Waals surface area contributed by atoms with Crippen LogP contribution in [-0.4, -0.2) is 64.9 Å². The Hall–Kier alpha value is -2.69. The average molecular weight is 541 g/mol. The van der Waals surface area contributed by atoms with Crippen LogP contribution in [0, 0.1) is 5.82 Å². The van der Waals surface area contributed by atoms with Crippen molar-refractivity contribution in [2.45, 2.75) is 53.2 Å². The summed E-state index contributed by atoms with van der Waals surface area (Å²) in [4.78, 5) is 46.0. The lowest BCUT2D eigenvalue weighted by molar-refractivity contribution is -0.143. The first-order chi connectivity index (χ1) is 16.0. The number of pyridine rings is 2. The van der Waals surface area contributed by atoms with Gasteiger partial charge in [-0.1, -0.05) is 6.92 Å². The van der Waals surface area contributed by atoms with Gasteiger partial charge in [0, 0.05) is 37.9 Å². The summed E-state index contributed by atoms with van der Waals surface area (Å²) in [6.07, 6.45) is 0.0197. The maximum absolute atomic E-state index is 14.4. The van der Waals surface area contributed by atoms with Gasteiger partial charge < -0.3 is 23.8 Å². The standard InChI is InChI=1S/C23H30BrFN4O5/c1-6-15-19(27-8-10-28(11-9-27)22(32)34-23(3,4)5)20(31)18-16(12-14(25)21(24)26-18)29(15)13-17(30)33-7-2/h12H,6-11,13H2,1-5H3. The van der Waals surface area contributed by atoms with E-state index in [0.29, 0.717) is 44.0 Å². The molecule has 3 rings (SSSR count). The van der Waals surface area contributed by atoms with Crippen LogP contribution in [0.15, 0.2) is 15.5 Å². The van der Waals surface area contributed by atoms with Crippen LogP contribution < -0.4 is 10.3 Å². The Labute approximate surface area is 205 Å². The molecule has 2 aromatic heterocycles. The zero-order valence-electron chi connectivity index (χ0n) is 20.1. The Morgan fingerprint density at radius 2 is 1.82 bits per heavy atom. The van der Waals surface area contributed by atoms with Gasteiger partial charge in [0.05, 0.1) is 12.1 Å². The third kappa shape index (κ3) is 5.51. The summed E-state index contributed by atoms with van der Waals surface area (Å²) in [5, 5.41) is 0. The Morgan fingerprint density at radius 3 is 2.38 bits per heavy atom. The summed E-state index contributed by atoms with van der Waals surface area (Å²) in [7, 11) is 0. The molecule has 1 saturated heterocycles. The van der Waals surface area contributed by atoms with E-state index in [4.69, 9.17) is 9.47 Å². The number of piperazine rings is 1. The largest absolute Gasteiger partial charge is 0.465 e. The average Bonchev–Trinajstić information content (AvgIpc) is 2.76. The molecule has 1 amide bonds. The fraction of sp³-hybridized carbons (Fsp3) is 0.565. The highest BCUT2D eigenvalue weighted by molar-refractivity contribution is 9.10. The number of nitrogens with zero attached hydrogens (tertiary/aromatic N) is 4. The minimum atomic E-state index is -0.634. The fourth-order valence-corrected chi connectivity index (χ4v) is 4.28. The number of anilines is 1. The van der Waals surface area contributed by atoms with E-state index in [9.17, 15) is 18.8 Å². The van der Waals surface area contributed by atoms with Crippen molar-refractivity contribution < 1.29 is 23.5 Å². The van der Waals surface area contributed by atoms with E-state index in [1.54, 1.807) is 16.4 Å². The van der Waals surface area contributed by atoms with E-state index in [0.717, 1.165) is 0 Å². The van der Waals surface area contributed by atoms with Gasteiger partial charge in [0.2, 0.25) is 5.43 Å². The van der Waals surface area contributed by atoms with Crippen LogP contribution in [0.4, 0.5) is 14.9 Å². The molecule has 0 atom stereocenters. The van der Waals surface area contributed by atoms with Crippen molar-refractivity contribution in [3.05, 3.63) is 32.4 Å². The van der Waals surface area contributed by atoms with E-state index < -0.39 is 23.5 Å². The first-order valence-electron chi connectivity index (χ1n) is 11.3. The van der Waals surface area contributed by atoms with Gasteiger partial charge >= 0.3 is 12.1 Å². The third-order valence-electron chi connectivity index (χ3n) is 5.41. The summed E-state index contributed by atoms with van der Waals surface area (Å²) in [6.45, 7) is 10.6. The Kier molecular flexibility index (Phi) is 7.84. The Bertz CT molecular complexity index is 1150. The number of hydrogen-bond donors (Lipinski definition) is 0. The van der Waals surface area contributed by atoms with Gasteiger partial charge in [-0.25, -0.2) is 14.2 Å². The van der Waals surface area contributed by atoms with Crippen LogP contribution in [0.5, 0.6) is 0 Å². The van der Waals surface area contributed by atoms with Crippen LogP contribution in [0.2, 0.25) is 0 Å². The zero-order chi connectivity index (χ0) is 25.2. The molecule has 11 heteroatoms. The van der Waals surface area contributed by atoms with Crippen LogP contribution >= 0.6 is 15.9 Å². The van der Waals surface area contributed by atoms with Crippen molar-refractivity contribution in [2.24, 2.45) is 0 Å². The molecule has 0 aromatic carbocycles. The summed E-state index contributed by atoms with van der Waals surface area (Å²) in [5.74, 6) is -1.13. The lowest BCUT2D eigenvalue weighted by atomic mass is 10.1. The number of aromatic nitrogens is 2. The summed E-state index contributed by atoms with van der Waals surface area (Å²) < 4.78 is 26.5. The Balaban J connectivity index is 2.05. The number of ether oxygens (including phenoxy) is 2. The molecule has 0 saturated carbocycles. The molecule has 0 radical (unpaired) electrons. The van der Waals surface area contributed by atoms with Crippen molar-refractivity contribution in [2.75, 3.05) is 37.7 Å².